The van der Waals surface area contributed by atoms with Crippen LogP contribution in [0.4, 0.5) is 5.69 Å². The summed E-state index contributed by atoms with van der Waals surface area (Å²) in [5.41, 5.74) is 3.05. The van der Waals surface area contributed by atoms with E-state index in [0.29, 0.717) is 35.0 Å². The number of rotatable bonds is 4. The molecule has 2 aliphatic rings. The number of Topliss-reactive ketones (excluding diaryl/α,β-unsaturated/α-hetero) is 2. The predicted octanol–water partition coefficient (Wildman–Crippen LogP) is 4.54. The van der Waals surface area contributed by atoms with E-state index in [2.05, 4.69) is 11.8 Å². The minimum absolute atomic E-state index is 0.0332. The highest BCUT2D eigenvalue weighted by molar-refractivity contribution is 6.27. The van der Waals surface area contributed by atoms with Crippen LogP contribution in [0.15, 0.2) is 66.0 Å². The van der Waals surface area contributed by atoms with Crippen molar-refractivity contribution in [3.63, 3.8) is 0 Å². The summed E-state index contributed by atoms with van der Waals surface area (Å²) < 4.78 is 0. The molecule has 1 saturated heterocycles. The number of likely N-dealkylation sites (tertiary alicyclic amines) is 1. The predicted molar refractivity (Wildman–Crippen MR) is 112 cm³/mol. The SMILES string of the molecule is CCN(C1=C(N2CCC(C)CC2)C(=O)c2ccccc2C1=O)c1ccccc1. The van der Waals surface area contributed by atoms with Crippen molar-refractivity contribution in [1.82, 2.24) is 4.90 Å². The molecule has 1 fully saturated rings. The van der Waals surface area contributed by atoms with Gasteiger partial charge in [0.05, 0.1) is 0 Å². The molecule has 2 aromatic carbocycles. The van der Waals surface area contributed by atoms with E-state index in [4.69, 9.17) is 0 Å². The van der Waals surface area contributed by atoms with Crippen LogP contribution in [-0.2, 0) is 0 Å². The minimum atomic E-state index is -0.0606. The maximum absolute atomic E-state index is 13.6. The summed E-state index contributed by atoms with van der Waals surface area (Å²) >= 11 is 0. The van der Waals surface area contributed by atoms with Gasteiger partial charge in [0.15, 0.2) is 0 Å². The molecule has 0 saturated carbocycles. The summed E-state index contributed by atoms with van der Waals surface area (Å²) in [6, 6.07) is 17.1. The summed E-state index contributed by atoms with van der Waals surface area (Å²) in [5.74, 6) is 0.557. The average Bonchev–Trinajstić information content (AvgIpc) is 2.74. The van der Waals surface area contributed by atoms with Crippen LogP contribution < -0.4 is 4.90 Å². The van der Waals surface area contributed by atoms with E-state index in [9.17, 15) is 9.59 Å². The molecule has 1 aliphatic carbocycles. The van der Waals surface area contributed by atoms with Crippen molar-refractivity contribution in [1.29, 1.82) is 0 Å². The highest BCUT2D eigenvalue weighted by Gasteiger charge is 2.38. The summed E-state index contributed by atoms with van der Waals surface area (Å²) in [5, 5.41) is 0. The van der Waals surface area contributed by atoms with Gasteiger partial charge >= 0.3 is 0 Å². The van der Waals surface area contributed by atoms with E-state index < -0.39 is 0 Å². The van der Waals surface area contributed by atoms with Crippen LogP contribution in [0.5, 0.6) is 0 Å². The lowest BCUT2D eigenvalue weighted by atomic mass is 9.87. The first kappa shape index (κ1) is 18.5. The lowest BCUT2D eigenvalue weighted by Crippen LogP contribution is -2.43. The van der Waals surface area contributed by atoms with Gasteiger partial charge in [-0.3, -0.25) is 9.59 Å². The molecule has 0 unspecified atom stereocenters. The second kappa shape index (κ2) is 7.63. The number of fused-ring (bicyclic) bond motifs is 1. The Balaban J connectivity index is 1.89. The van der Waals surface area contributed by atoms with Gasteiger partial charge in [-0.05, 0) is 37.8 Å². The van der Waals surface area contributed by atoms with Crippen molar-refractivity contribution in [2.24, 2.45) is 5.92 Å². The second-order valence-electron chi connectivity index (χ2n) is 7.65. The number of piperidine rings is 1. The third kappa shape index (κ3) is 3.13. The molecular weight excluding hydrogens is 348 g/mol. The van der Waals surface area contributed by atoms with E-state index in [1.54, 1.807) is 12.1 Å². The first-order chi connectivity index (χ1) is 13.6. The van der Waals surface area contributed by atoms with Gasteiger partial charge in [0.2, 0.25) is 11.6 Å². The van der Waals surface area contributed by atoms with Crippen LogP contribution in [0.1, 0.15) is 47.4 Å². The fraction of sp³-hybridized carbons (Fsp3) is 0.333. The van der Waals surface area contributed by atoms with Crippen molar-refractivity contribution in [3.8, 4) is 0 Å². The highest BCUT2D eigenvalue weighted by Crippen LogP contribution is 2.34. The number of carbonyl (C=O) groups is 2. The Morgan fingerprint density at radius 2 is 1.46 bits per heavy atom. The Morgan fingerprint density at radius 1 is 0.893 bits per heavy atom. The van der Waals surface area contributed by atoms with Crippen LogP contribution in [0.25, 0.3) is 0 Å². The number of para-hydroxylation sites is 1. The van der Waals surface area contributed by atoms with E-state index in [1.807, 2.05) is 54.3 Å². The van der Waals surface area contributed by atoms with Crippen LogP contribution in [0, 0.1) is 5.92 Å². The van der Waals surface area contributed by atoms with Crippen molar-refractivity contribution in [3.05, 3.63) is 77.1 Å². The number of carbonyl (C=O) groups excluding carboxylic acids is 2. The number of likely N-dealkylation sites (N-methyl/N-ethyl adjacent to an activating group) is 1. The smallest absolute Gasteiger partial charge is 0.212 e. The van der Waals surface area contributed by atoms with Crippen molar-refractivity contribution in [2.45, 2.75) is 26.7 Å². The fourth-order valence-corrected chi connectivity index (χ4v) is 4.20. The van der Waals surface area contributed by atoms with E-state index in [-0.39, 0.29) is 11.6 Å². The Labute approximate surface area is 166 Å². The van der Waals surface area contributed by atoms with Gasteiger partial charge in [-0.25, -0.2) is 0 Å². The first-order valence-electron chi connectivity index (χ1n) is 10.1. The molecular formula is C24H26N2O2. The molecule has 1 aliphatic heterocycles. The monoisotopic (exact) mass is 374 g/mol. The Bertz CT molecular complexity index is 925. The number of hydrogen-bond donors (Lipinski definition) is 0. The molecule has 0 amide bonds. The Morgan fingerprint density at radius 3 is 2.07 bits per heavy atom. The molecule has 4 nitrogen and oxygen atoms in total. The fourth-order valence-electron chi connectivity index (χ4n) is 4.20. The zero-order valence-electron chi connectivity index (χ0n) is 16.5. The lowest BCUT2D eigenvalue weighted by molar-refractivity contribution is 0.0924. The zero-order valence-corrected chi connectivity index (χ0v) is 16.5. The van der Waals surface area contributed by atoms with E-state index >= 15 is 0 Å². The van der Waals surface area contributed by atoms with Crippen molar-refractivity contribution >= 4 is 17.3 Å². The summed E-state index contributed by atoms with van der Waals surface area (Å²) in [6.07, 6.45) is 2.08. The van der Waals surface area contributed by atoms with E-state index in [1.165, 1.54) is 0 Å². The topological polar surface area (TPSA) is 40.6 Å². The third-order valence-electron chi connectivity index (χ3n) is 5.82. The molecule has 0 bridgehead atoms. The number of hydrogen-bond acceptors (Lipinski definition) is 4. The van der Waals surface area contributed by atoms with Gasteiger partial charge in [0.1, 0.15) is 11.4 Å². The number of allylic oxidation sites excluding steroid dienone is 2. The van der Waals surface area contributed by atoms with Gasteiger partial charge in [-0.1, -0.05) is 49.4 Å². The number of anilines is 1. The van der Waals surface area contributed by atoms with E-state index in [0.717, 1.165) is 31.6 Å². The molecule has 0 aromatic heterocycles. The largest absolute Gasteiger partial charge is 0.367 e. The van der Waals surface area contributed by atoms with Gasteiger partial charge in [-0.2, -0.15) is 0 Å². The summed E-state index contributed by atoms with van der Waals surface area (Å²) in [6.45, 7) is 6.52. The third-order valence-corrected chi connectivity index (χ3v) is 5.82. The van der Waals surface area contributed by atoms with Crippen molar-refractivity contribution in [2.75, 3.05) is 24.5 Å². The number of ketones is 2. The molecule has 2 aromatic rings. The van der Waals surface area contributed by atoms with Gasteiger partial charge in [-0.15, -0.1) is 0 Å². The van der Waals surface area contributed by atoms with Gasteiger partial charge in [0, 0.05) is 36.4 Å². The molecule has 4 heteroatoms. The molecule has 1 heterocycles. The van der Waals surface area contributed by atoms with Gasteiger partial charge < -0.3 is 9.80 Å². The summed E-state index contributed by atoms with van der Waals surface area (Å²) in [4.78, 5) is 31.2. The molecule has 28 heavy (non-hydrogen) atoms. The second-order valence-corrected chi connectivity index (χ2v) is 7.65. The minimum Gasteiger partial charge on any atom is -0.367 e. The summed E-state index contributed by atoms with van der Waals surface area (Å²) in [7, 11) is 0. The first-order valence-corrected chi connectivity index (χ1v) is 10.1. The quantitative estimate of drug-likeness (QED) is 0.788. The van der Waals surface area contributed by atoms with Crippen molar-refractivity contribution < 1.29 is 9.59 Å². The molecule has 144 valence electrons. The Kier molecular flexibility index (Phi) is 5.03. The van der Waals surface area contributed by atoms with Crippen LogP contribution >= 0.6 is 0 Å². The molecule has 0 spiro atoms. The van der Waals surface area contributed by atoms with Crippen LogP contribution in [-0.4, -0.2) is 36.1 Å². The van der Waals surface area contributed by atoms with Crippen LogP contribution in [0.2, 0.25) is 0 Å². The highest BCUT2D eigenvalue weighted by atomic mass is 16.1. The molecule has 0 atom stereocenters. The maximum atomic E-state index is 13.6. The molecule has 0 N–H and O–H groups in total. The number of benzene rings is 2. The average molecular weight is 374 g/mol. The Hall–Kier alpha value is -2.88. The standard InChI is InChI=1S/C24H26N2O2/c1-3-26(18-9-5-4-6-10-18)22-21(25-15-13-17(2)14-16-25)23(27)19-11-7-8-12-20(19)24(22)28/h4-12,17H,3,13-16H2,1-2H3. The molecule has 0 radical (unpaired) electrons. The number of nitrogens with zero attached hydrogens (tertiary/aromatic N) is 2. The zero-order chi connectivity index (χ0) is 19.7. The normalized spacial score (nSPS) is 17.7. The van der Waals surface area contributed by atoms with Gasteiger partial charge in [0.25, 0.3) is 0 Å². The van der Waals surface area contributed by atoms with Crippen LogP contribution in [0.3, 0.4) is 0 Å². The molecule has 4 rings (SSSR count). The maximum Gasteiger partial charge on any atom is 0.212 e. The lowest BCUT2D eigenvalue weighted by Gasteiger charge is -2.38.